The first kappa shape index (κ1) is 17.7. The summed E-state index contributed by atoms with van der Waals surface area (Å²) in [7, 11) is 1.81. The van der Waals surface area contributed by atoms with Gasteiger partial charge >= 0.3 is 0 Å². The van der Waals surface area contributed by atoms with Gasteiger partial charge in [0.05, 0.1) is 17.4 Å². The normalized spacial score (nSPS) is 12.0. The van der Waals surface area contributed by atoms with Crippen molar-refractivity contribution in [3.05, 3.63) is 65.2 Å². The average Bonchev–Trinajstić information content (AvgIpc) is 2.98. The van der Waals surface area contributed by atoms with E-state index in [1.54, 1.807) is 17.3 Å². The van der Waals surface area contributed by atoms with Crippen LogP contribution in [0.1, 0.15) is 40.3 Å². The van der Waals surface area contributed by atoms with E-state index in [9.17, 15) is 4.79 Å². The van der Waals surface area contributed by atoms with Crippen molar-refractivity contribution in [3.8, 4) is 11.1 Å². The van der Waals surface area contributed by atoms with Gasteiger partial charge in [0.1, 0.15) is 0 Å². The average molecular weight is 349 g/mol. The van der Waals surface area contributed by atoms with Crippen LogP contribution in [0.3, 0.4) is 0 Å². The number of nitrogen functional groups attached to an aromatic ring is 1. The second kappa shape index (κ2) is 7.00. The van der Waals surface area contributed by atoms with Gasteiger partial charge in [-0.3, -0.25) is 14.9 Å². The number of nitrogens with one attached hydrogen (secondary N) is 1. The predicted octanol–water partition coefficient (Wildman–Crippen LogP) is 3.50. The third kappa shape index (κ3) is 3.31. The molecule has 0 saturated heterocycles. The zero-order valence-electron chi connectivity index (χ0n) is 15.4. The topological polar surface area (TPSA) is 87.9 Å². The molecule has 6 heteroatoms. The van der Waals surface area contributed by atoms with Gasteiger partial charge in [0.15, 0.2) is 0 Å². The van der Waals surface area contributed by atoms with E-state index in [-0.39, 0.29) is 11.9 Å². The molecule has 3 aromatic rings. The van der Waals surface area contributed by atoms with Crippen LogP contribution >= 0.6 is 0 Å². The molecule has 0 aliphatic heterocycles. The van der Waals surface area contributed by atoms with Crippen molar-refractivity contribution in [3.63, 3.8) is 0 Å². The lowest BCUT2D eigenvalue weighted by atomic mass is 10.0. The SMILES string of the molecule is Cc1n[nH]c(C)c1C(C)N(C)C(=O)c1ccc(-c2cncc(N)c2)cc1. The molecule has 1 unspecified atom stereocenters. The molecule has 0 fully saturated rings. The molecule has 1 atom stereocenters. The molecule has 2 aromatic heterocycles. The fourth-order valence-electron chi connectivity index (χ4n) is 3.17. The Bertz CT molecular complexity index is 910. The number of hydrogen-bond acceptors (Lipinski definition) is 4. The minimum absolute atomic E-state index is 0.0326. The summed E-state index contributed by atoms with van der Waals surface area (Å²) in [5, 5.41) is 7.20. The Labute approximate surface area is 153 Å². The van der Waals surface area contributed by atoms with Crippen LogP contribution in [0.4, 0.5) is 5.69 Å². The van der Waals surface area contributed by atoms with Crippen molar-refractivity contribution < 1.29 is 4.79 Å². The molecule has 3 rings (SSSR count). The predicted molar refractivity (Wildman–Crippen MR) is 103 cm³/mol. The highest BCUT2D eigenvalue weighted by atomic mass is 16.2. The maximum atomic E-state index is 12.9. The van der Waals surface area contributed by atoms with Crippen LogP contribution in [0.15, 0.2) is 42.7 Å². The molecule has 0 saturated carbocycles. The van der Waals surface area contributed by atoms with Gasteiger partial charge in [-0.05, 0) is 44.5 Å². The third-order valence-corrected chi connectivity index (χ3v) is 4.73. The number of aromatic amines is 1. The number of anilines is 1. The highest BCUT2D eigenvalue weighted by Crippen LogP contribution is 2.26. The van der Waals surface area contributed by atoms with Crippen molar-refractivity contribution >= 4 is 11.6 Å². The number of nitrogens with zero attached hydrogens (tertiary/aromatic N) is 3. The van der Waals surface area contributed by atoms with Gasteiger partial charge in [-0.25, -0.2) is 0 Å². The maximum Gasteiger partial charge on any atom is 0.254 e. The van der Waals surface area contributed by atoms with Gasteiger partial charge in [-0.15, -0.1) is 0 Å². The summed E-state index contributed by atoms with van der Waals surface area (Å²) in [6.45, 7) is 5.93. The summed E-state index contributed by atoms with van der Waals surface area (Å²) >= 11 is 0. The molecule has 2 heterocycles. The molecular formula is C20H23N5O. The number of nitrogens with two attached hydrogens (primary N) is 1. The number of pyridine rings is 1. The summed E-state index contributed by atoms with van der Waals surface area (Å²) in [5.74, 6) is -0.0326. The Morgan fingerprint density at radius 2 is 1.85 bits per heavy atom. The lowest BCUT2D eigenvalue weighted by Crippen LogP contribution is -2.30. The highest BCUT2D eigenvalue weighted by molar-refractivity contribution is 5.94. The number of benzene rings is 1. The molecule has 0 aliphatic carbocycles. The first-order chi connectivity index (χ1) is 12.4. The van der Waals surface area contributed by atoms with Crippen LogP contribution in [0, 0.1) is 13.8 Å². The van der Waals surface area contributed by atoms with Crippen LogP contribution in [0.5, 0.6) is 0 Å². The minimum Gasteiger partial charge on any atom is -0.397 e. The molecule has 6 nitrogen and oxygen atoms in total. The highest BCUT2D eigenvalue weighted by Gasteiger charge is 2.23. The Morgan fingerprint density at radius 3 is 2.42 bits per heavy atom. The van der Waals surface area contributed by atoms with E-state index in [0.717, 1.165) is 28.1 Å². The van der Waals surface area contributed by atoms with Crippen molar-refractivity contribution in [2.45, 2.75) is 26.8 Å². The number of H-pyrrole nitrogens is 1. The fourth-order valence-corrected chi connectivity index (χ4v) is 3.17. The van der Waals surface area contributed by atoms with Gasteiger partial charge in [-0.2, -0.15) is 5.10 Å². The van der Waals surface area contributed by atoms with E-state index in [4.69, 9.17) is 5.73 Å². The van der Waals surface area contributed by atoms with Crippen LogP contribution in [0.2, 0.25) is 0 Å². The van der Waals surface area contributed by atoms with Crippen LogP contribution < -0.4 is 5.73 Å². The van der Waals surface area contributed by atoms with E-state index in [0.29, 0.717) is 11.3 Å². The molecule has 0 spiro atoms. The molecular weight excluding hydrogens is 326 g/mol. The fraction of sp³-hybridized carbons (Fsp3) is 0.250. The Balaban J connectivity index is 1.81. The van der Waals surface area contributed by atoms with Gasteiger partial charge in [-0.1, -0.05) is 12.1 Å². The number of carbonyl (C=O) groups excluding carboxylic acids is 1. The van der Waals surface area contributed by atoms with Crippen LogP contribution in [-0.2, 0) is 0 Å². The van der Waals surface area contributed by atoms with Gasteiger partial charge in [0.2, 0.25) is 0 Å². The Kier molecular flexibility index (Phi) is 4.75. The number of aromatic nitrogens is 3. The van der Waals surface area contributed by atoms with Crippen molar-refractivity contribution in [1.82, 2.24) is 20.1 Å². The summed E-state index contributed by atoms with van der Waals surface area (Å²) in [4.78, 5) is 18.7. The minimum atomic E-state index is -0.0703. The molecule has 134 valence electrons. The molecule has 1 amide bonds. The maximum absolute atomic E-state index is 12.9. The van der Waals surface area contributed by atoms with Gasteiger partial charge in [0, 0.05) is 41.8 Å². The van der Waals surface area contributed by atoms with Crippen molar-refractivity contribution in [1.29, 1.82) is 0 Å². The number of hydrogen-bond donors (Lipinski definition) is 2. The molecule has 0 radical (unpaired) electrons. The van der Waals surface area contributed by atoms with Crippen LogP contribution in [0.25, 0.3) is 11.1 Å². The Hall–Kier alpha value is -3.15. The van der Waals surface area contributed by atoms with Crippen molar-refractivity contribution in [2.24, 2.45) is 0 Å². The van der Waals surface area contributed by atoms with Gasteiger partial charge in [0.25, 0.3) is 5.91 Å². The number of rotatable bonds is 4. The first-order valence-corrected chi connectivity index (χ1v) is 8.48. The zero-order valence-corrected chi connectivity index (χ0v) is 15.4. The van der Waals surface area contributed by atoms with E-state index in [1.807, 2.05) is 58.2 Å². The third-order valence-electron chi connectivity index (χ3n) is 4.73. The van der Waals surface area contributed by atoms with Crippen molar-refractivity contribution in [2.75, 3.05) is 12.8 Å². The number of amides is 1. The molecule has 3 N–H and O–H groups in total. The molecule has 26 heavy (non-hydrogen) atoms. The molecule has 0 aliphatic rings. The van der Waals surface area contributed by atoms with E-state index in [2.05, 4.69) is 15.2 Å². The number of aryl methyl sites for hydroxylation is 2. The summed E-state index contributed by atoms with van der Waals surface area (Å²) in [5.41, 5.74) is 11.9. The standard InChI is InChI=1S/C20H23N5O/c1-12-19(13(2)24-23-12)14(3)25(4)20(26)16-7-5-15(6-8-16)17-9-18(21)11-22-10-17/h5-11,14H,21H2,1-4H3,(H,23,24). The number of carbonyl (C=O) groups is 1. The van der Waals surface area contributed by atoms with E-state index in [1.165, 1.54) is 0 Å². The van der Waals surface area contributed by atoms with E-state index < -0.39 is 0 Å². The smallest absolute Gasteiger partial charge is 0.254 e. The lowest BCUT2D eigenvalue weighted by Gasteiger charge is -2.25. The molecule has 0 bridgehead atoms. The van der Waals surface area contributed by atoms with E-state index >= 15 is 0 Å². The first-order valence-electron chi connectivity index (χ1n) is 8.48. The molecule has 1 aromatic carbocycles. The zero-order chi connectivity index (χ0) is 18.8. The largest absolute Gasteiger partial charge is 0.397 e. The Morgan fingerprint density at radius 1 is 1.15 bits per heavy atom. The monoisotopic (exact) mass is 349 g/mol. The second-order valence-corrected chi connectivity index (χ2v) is 6.52. The second-order valence-electron chi connectivity index (χ2n) is 6.52. The summed E-state index contributed by atoms with van der Waals surface area (Å²) in [6.07, 6.45) is 3.36. The summed E-state index contributed by atoms with van der Waals surface area (Å²) in [6, 6.07) is 9.28. The quantitative estimate of drug-likeness (QED) is 0.754. The van der Waals surface area contributed by atoms with Gasteiger partial charge < -0.3 is 10.6 Å². The van der Waals surface area contributed by atoms with Crippen LogP contribution in [-0.4, -0.2) is 33.0 Å². The summed E-state index contributed by atoms with van der Waals surface area (Å²) < 4.78 is 0. The lowest BCUT2D eigenvalue weighted by molar-refractivity contribution is 0.0742.